The van der Waals surface area contributed by atoms with Crippen molar-refractivity contribution in [2.24, 2.45) is 5.73 Å². The maximum atomic E-state index is 12.2. The molecule has 0 aliphatic carbocycles. The first kappa shape index (κ1) is 14.3. The summed E-state index contributed by atoms with van der Waals surface area (Å²) in [6.45, 7) is 5.14. The Bertz CT molecular complexity index is 479. The number of aryl methyl sites for hydroxylation is 1. The maximum absolute atomic E-state index is 12.2. The monoisotopic (exact) mass is 326 g/mol. The number of hydrogen-bond acceptors (Lipinski definition) is 3. The van der Waals surface area contributed by atoms with Crippen LogP contribution in [0.15, 0.2) is 22.7 Å². The van der Waals surface area contributed by atoms with Crippen LogP contribution in [-0.2, 0) is 4.79 Å². The molecule has 1 amide bonds. The van der Waals surface area contributed by atoms with E-state index in [9.17, 15) is 4.79 Å². The van der Waals surface area contributed by atoms with Gasteiger partial charge in [-0.05, 0) is 53.9 Å². The van der Waals surface area contributed by atoms with Crippen LogP contribution in [0.5, 0.6) is 5.75 Å². The second kappa shape index (κ2) is 5.92. The molecule has 0 bridgehead atoms. The van der Waals surface area contributed by atoms with E-state index in [1.54, 1.807) is 11.8 Å². The lowest BCUT2D eigenvalue weighted by Gasteiger charge is -2.22. The lowest BCUT2D eigenvalue weighted by Crippen LogP contribution is -2.40. The summed E-state index contributed by atoms with van der Waals surface area (Å²) in [7, 11) is 0. The van der Waals surface area contributed by atoms with Crippen LogP contribution in [0.4, 0.5) is 0 Å². The summed E-state index contributed by atoms with van der Waals surface area (Å²) in [6, 6.07) is 5.91. The second-order valence-electron chi connectivity index (χ2n) is 5.03. The summed E-state index contributed by atoms with van der Waals surface area (Å²) < 4.78 is 6.60. The number of likely N-dealkylation sites (tertiary alicyclic amines) is 1. The minimum Gasteiger partial charge on any atom is -0.480 e. The summed E-state index contributed by atoms with van der Waals surface area (Å²) in [5.41, 5.74) is 6.96. The fourth-order valence-corrected chi connectivity index (χ4v) is 2.77. The lowest BCUT2D eigenvalue weighted by atomic mass is 10.2. The van der Waals surface area contributed by atoms with Gasteiger partial charge in [0.2, 0.25) is 0 Å². The molecule has 1 aliphatic rings. The number of halogens is 1. The molecule has 0 aromatic heterocycles. The van der Waals surface area contributed by atoms with Crippen LogP contribution in [0.1, 0.15) is 18.9 Å². The zero-order valence-corrected chi connectivity index (χ0v) is 12.8. The molecular weight excluding hydrogens is 308 g/mol. The number of nitrogens with zero attached hydrogens (tertiary/aromatic N) is 1. The van der Waals surface area contributed by atoms with Gasteiger partial charge in [0.25, 0.3) is 5.91 Å². The van der Waals surface area contributed by atoms with E-state index in [2.05, 4.69) is 15.9 Å². The van der Waals surface area contributed by atoms with E-state index >= 15 is 0 Å². The van der Waals surface area contributed by atoms with E-state index in [0.29, 0.717) is 12.3 Å². The number of carbonyl (C=O) groups excluding carboxylic acids is 1. The van der Waals surface area contributed by atoms with Crippen LogP contribution < -0.4 is 10.5 Å². The number of ether oxygens (including phenoxy) is 1. The third-order valence-electron chi connectivity index (χ3n) is 3.28. The first-order valence-electron chi connectivity index (χ1n) is 6.44. The fraction of sp³-hybridized carbons (Fsp3) is 0.500. The first-order valence-corrected chi connectivity index (χ1v) is 7.24. The molecule has 4 nitrogen and oxygen atoms in total. The highest BCUT2D eigenvalue weighted by atomic mass is 79.9. The Morgan fingerprint density at radius 2 is 2.32 bits per heavy atom. The molecule has 1 heterocycles. The van der Waals surface area contributed by atoms with Crippen LogP contribution in [-0.4, -0.2) is 36.0 Å². The Labute approximate surface area is 122 Å². The van der Waals surface area contributed by atoms with Gasteiger partial charge in [-0.25, -0.2) is 0 Å². The van der Waals surface area contributed by atoms with Gasteiger partial charge in [0.1, 0.15) is 5.75 Å². The summed E-state index contributed by atoms with van der Waals surface area (Å²) >= 11 is 3.45. The predicted molar refractivity (Wildman–Crippen MR) is 78.1 cm³/mol. The van der Waals surface area contributed by atoms with Crippen molar-refractivity contribution in [2.45, 2.75) is 32.4 Å². The van der Waals surface area contributed by atoms with Crippen LogP contribution in [0.3, 0.4) is 0 Å². The Balaban J connectivity index is 2.00. The van der Waals surface area contributed by atoms with Crippen molar-refractivity contribution in [3.63, 3.8) is 0 Å². The number of nitrogens with two attached hydrogens (primary N) is 1. The molecule has 1 saturated heterocycles. The normalized spacial score (nSPS) is 20.4. The Hall–Kier alpha value is -1.07. The third kappa shape index (κ3) is 3.48. The molecule has 2 N–H and O–H groups in total. The van der Waals surface area contributed by atoms with Gasteiger partial charge in [-0.1, -0.05) is 6.07 Å². The van der Waals surface area contributed by atoms with Crippen LogP contribution >= 0.6 is 15.9 Å². The van der Waals surface area contributed by atoms with Crippen molar-refractivity contribution in [2.75, 3.05) is 13.1 Å². The summed E-state index contributed by atoms with van der Waals surface area (Å²) in [6.07, 6.45) is 0.372. The van der Waals surface area contributed by atoms with Crippen molar-refractivity contribution in [3.05, 3.63) is 28.2 Å². The van der Waals surface area contributed by atoms with Crippen LogP contribution in [0.25, 0.3) is 0 Å². The Kier molecular flexibility index (Phi) is 4.47. The lowest BCUT2D eigenvalue weighted by molar-refractivity contribution is -0.136. The maximum Gasteiger partial charge on any atom is 0.263 e. The summed E-state index contributed by atoms with van der Waals surface area (Å²) in [5, 5.41) is 0. The molecule has 1 fully saturated rings. The van der Waals surface area contributed by atoms with Crippen molar-refractivity contribution in [1.82, 2.24) is 4.90 Å². The van der Waals surface area contributed by atoms with Gasteiger partial charge in [-0.15, -0.1) is 0 Å². The van der Waals surface area contributed by atoms with Gasteiger partial charge < -0.3 is 15.4 Å². The second-order valence-corrected chi connectivity index (χ2v) is 5.88. The number of carbonyl (C=O) groups is 1. The molecule has 1 aliphatic heterocycles. The molecule has 19 heavy (non-hydrogen) atoms. The average molecular weight is 327 g/mol. The molecular formula is C14H19BrN2O2. The van der Waals surface area contributed by atoms with Gasteiger partial charge in [0, 0.05) is 19.1 Å². The predicted octanol–water partition coefficient (Wildman–Crippen LogP) is 2.08. The van der Waals surface area contributed by atoms with Crippen molar-refractivity contribution in [1.29, 1.82) is 0 Å². The van der Waals surface area contributed by atoms with E-state index in [1.165, 1.54) is 0 Å². The quantitative estimate of drug-likeness (QED) is 0.925. The number of rotatable bonds is 3. The molecule has 104 valence electrons. The van der Waals surface area contributed by atoms with Gasteiger partial charge in [0.15, 0.2) is 6.10 Å². The molecule has 2 rings (SSSR count). The van der Waals surface area contributed by atoms with E-state index < -0.39 is 6.10 Å². The largest absolute Gasteiger partial charge is 0.480 e. The number of hydrogen-bond donors (Lipinski definition) is 1. The number of amides is 1. The zero-order valence-electron chi connectivity index (χ0n) is 11.2. The van der Waals surface area contributed by atoms with E-state index in [4.69, 9.17) is 10.5 Å². The molecule has 1 aromatic carbocycles. The highest BCUT2D eigenvalue weighted by Crippen LogP contribution is 2.27. The van der Waals surface area contributed by atoms with Gasteiger partial charge in [0.05, 0.1) is 4.47 Å². The summed E-state index contributed by atoms with van der Waals surface area (Å²) in [5.74, 6) is 0.690. The standard InChI is InChI=1S/C14H19BrN2O2/c1-9-3-4-13(12(15)7-9)19-10(2)14(18)17-6-5-11(16)8-17/h3-4,7,10-11H,5-6,8,16H2,1-2H3/t10-,11-/m1/s1. The van der Waals surface area contributed by atoms with Crippen LogP contribution in [0, 0.1) is 6.92 Å². The molecule has 2 atom stereocenters. The van der Waals surface area contributed by atoms with Crippen molar-refractivity contribution < 1.29 is 9.53 Å². The van der Waals surface area contributed by atoms with Gasteiger partial charge >= 0.3 is 0 Å². The minimum atomic E-state index is -0.496. The van der Waals surface area contributed by atoms with E-state index in [1.807, 2.05) is 25.1 Å². The topological polar surface area (TPSA) is 55.6 Å². The average Bonchev–Trinajstić information content (AvgIpc) is 2.78. The summed E-state index contributed by atoms with van der Waals surface area (Å²) in [4.78, 5) is 14.0. The van der Waals surface area contributed by atoms with E-state index in [0.717, 1.165) is 23.0 Å². The van der Waals surface area contributed by atoms with E-state index in [-0.39, 0.29) is 11.9 Å². The fourth-order valence-electron chi connectivity index (χ4n) is 2.19. The van der Waals surface area contributed by atoms with Crippen LogP contribution in [0.2, 0.25) is 0 Å². The Morgan fingerprint density at radius 3 is 2.89 bits per heavy atom. The highest BCUT2D eigenvalue weighted by molar-refractivity contribution is 9.10. The third-order valence-corrected chi connectivity index (χ3v) is 3.89. The molecule has 0 unspecified atom stereocenters. The van der Waals surface area contributed by atoms with Crippen molar-refractivity contribution >= 4 is 21.8 Å². The molecule has 0 spiro atoms. The van der Waals surface area contributed by atoms with Crippen molar-refractivity contribution in [3.8, 4) is 5.75 Å². The first-order chi connectivity index (χ1) is 8.97. The number of benzene rings is 1. The van der Waals surface area contributed by atoms with Gasteiger partial charge in [-0.3, -0.25) is 4.79 Å². The molecule has 0 radical (unpaired) electrons. The smallest absolute Gasteiger partial charge is 0.263 e. The minimum absolute atomic E-state index is 0.000394. The SMILES string of the molecule is Cc1ccc(O[C@H](C)C(=O)N2CC[C@@H](N)C2)c(Br)c1. The highest BCUT2D eigenvalue weighted by Gasteiger charge is 2.28. The Morgan fingerprint density at radius 1 is 1.58 bits per heavy atom. The molecule has 0 saturated carbocycles. The molecule has 1 aromatic rings. The zero-order chi connectivity index (χ0) is 14.0. The van der Waals surface area contributed by atoms with Gasteiger partial charge in [-0.2, -0.15) is 0 Å². The molecule has 5 heteroatoms.